The van der Waals surface area contributed by atoms with E-state index in [4.69, 9.17) is 4.74 Å². The highest BCUT2D eigenvalue weighted by atomic mass is 16.5. The lowest BCUT2D eigenvalue weighted by Gasteiger charge is -2.58. The molecule has 3 aliphatic rings. The zero-order valence-electron chi connectivity index (χ0n) is 23.8. The Hall–Kier alpha value is -2.98. The second kappa shape index (κ2) is 10.5. The molecule has 0 saturated heterocycles. The maximum Gasteiger partial charge on any atom is 0.202 e. The molecular weight excluding hydrogens is 484 g/mol. The zero-order valence-corrected chi connectivity index (χ0v) is 23.8. The van der Waals surface area contributed by atoms with Gasteiger partial charge in [0.15, 0.2) is 5.78 Å². The van der Waals surface area contributed by atoms with Crippen molar-refractivity contribution in [1.82, 2.24) is 0 Å². The van der Waals surface area contributed by atoms with Crippen molar-refractivity contribution >= 4 is 11.6 Å². The first-order chi connectivity index (χ1) is 18.6. The van der Waals surface area contributed by atoms with Crippen LogP contribution >= 0.6 is 0 Å². The number of benzene rings is 2. The van der Waals surface area contributed by atoms with E-state index in [0.717, 1.165) is 32.1 Å². The molecule has 4 nitrogen and oxygen atoms in total. The van der Waals surface area contributed by atoms with Crippen molar-refractivity contribution < 1.29 is 19.4 Å². The molecule has 4 unspecified atom stereocenters. The van der Waals surface area contributed by atoms with Crippen molar-refractivity contribution in [2.45, 2.75) is 71.8 Å². The van der Waals surface area contributed by atoms with Gasteiger partial charge in [-0.1, -0.05) is 81.8 Å². The molecule has 6 atom stereocenters. The third-order valence-electron chi connectivity index (χ3n) is 10.3. The number of Topliss-reactive ketones (excluding diaryl/α,β-unsaturated/α-hetero) is 1. The minimum atomic E-state index is -1.44. The molecule has 2 aromatic carbocycles. The Bertz CT molecular complexity index is 1280. The van der Waals surface area contributed by atoms with Gasteiger partial charge in [-0.05, 0) is 91.7 Å². The summed E-state index contributed by atoms with van der Waals surface area (Å²) in [5.74, 6) is 1.61. The topological polar surface area (TPSA) is 63.6 Å². The van der Waals surface area contributed by atoms with Gasteiger partial charge in [0.2, 0.25) is 5.78 Å². The van der Waals surface area contributed by atoms with Crippen molar-refractivity contribution in [3.63, 3.8) is 0 Å². The van der Waals surface area contributed by atoms with Crippen LogP contribution in [0.3, 0.4) is 0 Å². The van der Waals surface area contributed by atoms with Crippen molar-refractivity contribution in [2.24, 2.45) is 28.6 Å². The number of ether oxygens (including phenoxy) is 1. The predicted octanol–water partition coefficient (Wildman–Crippen LogP) is 6.90. The number of hydrogen-bond acceptors (Lipinski definition) is 4. The number of fused-ring (bicyclic) bond motifs is 3. The third kappa shape index (κ3) is 5.04. The molecule has 5 rings (SSSR count). The zero-order chi connectivity index (χ0) is 27.8. The number of hydrogen-bond donors (Lipinski definition) is 1. The van der Waals surface area contributed by atoms with Crippen molar-refractivity contribution in [1.29, 1.82) is 0 Å². The molecule has 0 amide bonds. The van der Waals surface area contributed by atoms with E-state index in [-0.39, 0.29) is 23.6 Å². The minimum absolute atomic E-state index is 0.0882. The molecule has 206 valence electrons. The summed E-state index contributed by atoms with van der Waals surface area (Å²) in [6.45, 7) is 8.36. The maximum atomic E-state index is 13.6. The minimum Gasteiger partial charge on any atom is -0.486 e. The highest BCUT2D eigenvalue weighted by molar-refractivity contribution is 6.01. The van der Waals surface area contributed by atoms with Gasteiger partial charge in [-0.15, -0.1) is 0 Å². The van der Waals surface area contributed by atoms with Crippen LogP contribution in [-0.2, 0) is 16.0 Å². The standard InChI is InChI=1S/C35H42O4/c1-5-35(38,32(37)23-39-29-13-11-26(12-14-29)20-25-9-7-6-8-10-25)33(3)17-16-30-27(22-33)19-24(2)31-21-28(36)15-18-34(30,31)4/h6-15,18,21,24,27,30,38H,5,16-17,19-20,22-23H2,1-4H3/t24-,27?,30?,33?,34?,35-/m0/s1. The average molecular weight is 527 g/mol. The van der Waals surface area contributed by atoms with E-state index in [9.17, 15) is 14.7 Å². The summed E-state index contributed by atoms with van der Waals surface area (Å²) >= 11 is 0. The lowest BCUT2D eigenvalue weighted by Crippen LogP contribution is -2.58. The van der Waals surface area contributed by atoms with Gasteiger partial charge < -0.3 is 9.84 Å². The molecule has 39 heavy (non-hydrogen) atoms. The molecule has 0 spiro atoms. The second-order valence-corrected chi connectivity index (χ2v) is 12.7. The number of ketones is 2. The van der Waals surface area contributed by atoms with Crippen LogP contribution in [0.1, 0.15) is 70.9 Å². The molecule has 2 saturated carbocycles. The van der Waals surface area contributed by atoms with Gasteiger partial charge >= 0.3 is 0 Å². The fourth-order valence-electron chi connectivity index (χ4n) is 8.01. The van der Waals surface area contributed by atoms with Gasteiger partial charge in [0, 0.05) is 10.8 Å². The molecule has 0 heterocycles. The van der Waals surface area contributed by atoms with Crippen LogP contribution in [0.15, 0.2) is 78.4 Å². The van der Waals surface area contributed by atoms with Crippen LogP contribution in [0.5, 0.6) is 5.75 Å². The number of carbonyl (C=O) groups excluding carboxylic acids is 2. The van der Waals surface area contributed by atoms with Crippen LogP contribution in [0.25, 0.3) is 0 Å². The molecule has 3 aliphatic carbocycles. The van der Waals surface area contributed by atoms with Gasteiger partial charge in [-0.3, -0.25) is 9.59 Å². The Balaban J connectivity index is 1.26. The smallest absolute Gasteiger partial charge is 0.202 e. The average Bonchev–Trinajstić information content (AvgIpc) is 2.93. The van der Waals surface area contributed by atoms with Crippen LogP contribution in [-0.4, -0.2) is 28.9 Å². The monoisotopic (exact) mass is 526 g/mol. The first kappa shape index (κ1) is 27.6. The summed E-state index contributed by atoms with van der Waals surface area (Å²) in [5, 5.41) is 11.9. The van der Waals surface area contributed by atoms with Gasteiger partial charge in [-0.2, -0.15) is 0 Å². The van der Waals surface area contributed by atoms with E-state index < -0.39 is 11.0 Å². The summed E-state index contributed by atoms with van der Waals surface area (Å²) in [6.07, 6.45) is 10.4. The first-order valence-corrected chi connectivity index (χ1v) is 14.5. The third-order valence-corrected chi connectivity index (χ3v) is 10.3. The lowest BCUT2D eigenvalue weighted by molar-refractivity contribution is -0.166. The Labute approximate surface area is 233 Å². The molecule has 2 fully saturated rings. The Morgan fingerprint density at radius 2 is 1.77 bits per heavy atom. The largest absolute Gasteiger partial charge is 0.486 e. The molecule has 0 bridgehead atoms. The second-order valence-electron chi connectivity index (χ2n) is 12.7. The SMILES string of the molecule is CC[C@](O)(C(=O)COc1ccc(Cc2ccccc2)cc1)C1(C)CCC2C(C[C@H](C)C3=CC(=O)C=CC32C)C1. The fraction of sp³-hybridized carbons (Fsp3) is 0.486. The van der Waals surface area contributed by atoms with Gasteiger partial charge in [0.05, 0.1) is 0 Å². The Kier molecular flexibility index (Phi) is 7.45. The normalized spacial score (nSPS) is 31.5. The molecule has 0 radical (unpaired) electrons. The van der Waals surface area contributed by atoms with E-state index in [1.165, 1.54) is 16.7 Å². The highest BCUT2D eigenvalue weighted by Gasteiger charge is 2.58. The van der Waals surface area contributed by atoms with Crippen molar-refractivity contribution in [3.05, 3.63) is 89.5 Å². The van der Waals surface area contributed by atoms with E-state index in [1.807, 2.05) is 55.5 Å². The number of rotatable bonds is 8. The highest BCUT2D eigenvalue weighted by Crippen LogP contribution is 2.61. The quantitative estimate of drug-likeness (QED) is 0.406. The molecule has 2 aromatic rings. The molecular formula is C35H42O4. The molecule has 0 aromatic heterocycles. The summed E-state index contributed by atoms with van der Waals surface area (Å²) in [5.41, 5.74) is 1.60. The van der Waals surface area contributed by atoms with Crippen molar-refractivity contribution in [2.75, 3.05) is 6.61 Å². The van der Waals surface area contributed by atoms with E-state index in [1.54, 1.807) is 6.08 Å². The molecule has 1 N–H and O–H groups in total. The van der Waals surface area contributed by atoms with E-state index in [0.29, 0.717) is 29.9 Å². The lowest BCUT2D eigenvalue weighted by atomic mass is 9.47. The summed E-state index contributed by atoms with van der Waals surface area (Å²) in [7, 11) is 0. The number of aliphatic hydroxyl groups is 1. The van der Waals surface area contributed by atoms with Gasteiger partial charge in [-0.25, -0.2) is 0 Å². The van der Waals surface area contributed by atoms with Crippen LogP contribution in [0.2, 0.25) is 0 Å². The summed E-state index contributed by atoms with van der Waals surface area (Å²) in [4.78, 5) is 25.7. The van der Waals surface area contributed by atoms with Crippen LogP contribution < -0.4 is 4.74 Å². The fourth-order valence-corrected chi connectivity index (χ4v) is 8.01. The van der Waals surface area contributed by atoms with Gasteiger partial charge in [0.1, 0.15) is 18.0 Å². The predicted molar refractivity (Wildman–Crippen MR) is 154 cm³/mol. The van der Waals surface area contributed by atoms with Gasteiger partial charge in [0.25, 0.3) is 0 Å². The Morgan fingerprint density at radius 1 is 1.08 bits per heavy atom. The van der Waals surface area contributed by atoms with Crippen LogP contribution in [0, 0.1) is 28.6 Å². The maximum absolute atomic E-state index is 13.6. The van der Waals surface area contributed by atoms with E-state index in [2.05, 4.69) is 39.0 Å². The summed E-state index contributed by atoms with van der Waals surface area (Å²) < 4.78 is 5.92. The van der Waals surface area contributed by atoms with Crippen molar-refractivity contribution in [3.8, 4) is 5.75 Å². The number of allylic oxidation sites excluding steroid dienone is 4. The summed E-state index contributed by atoms with van der Waals surface area (Å²) in [6, 6.07) is 18.2. The number of carbonyl (C=O) groups is 2. The first-order valence-electron chi connectivity index (χ1n) is 14.5. The van der Waals surface area contributed by atoms with E-state index >= 15 is 0 Å². The molecule has 0 aliphatic heterocycles. The van der Waals surface area contributed by atoms with Crippen LogP contribution in [0.4, 0.5) is 0 Å². The Morgan fingerprint density at radius 3 is 2.46 bits per heavy atom. The molecule has 4 heteroatoms.